The summed E-state index contributed by atoms with van der Waals surface area (Å²) in [6.07, 6.45) is 10.1. The third kappa shape index (κ3) is 5.26. The Morgan fingerprint density at radius 2 is 1.60 bits per heavy atom. The summed E-state index contributed by atoms with van der Waals surface area (Å²) in [4.78, 5) is 27.7. The van der Waals surface area contributed by atoms with Gasteiger partial charge in [-0.2, -0.15) is 0 Å². The van der Waals surface area contributed by atoms with E-state index in [0.29, 0.717) is 11.7 Å². The number of carbonyl (C=O) groups is 1. The maximum atomic E-state index is 13.2. The summed E-state index contributed by atoms with van der Waals surface area (Å²) >= 11 is 0. The first kappa shape index (κ1) is 26.6. The van der Waals surface area contributed by atoms with Crippen molar-refractivity contribution in [3.05, 3.63) is 83.4 Å². The second kappa shape index (κ2) is 10.8. The molecular weight excluding hydrogens is 492 g/mol. The first-order valence-corrected chi connectivity index (χ1v) is 14.9. The van der Waals surface area contributed by atoms with Crippen LogP contribution >= 0.6 is 0 Å². The summed E-state index contributed by atoms with van der Waals surface area (Å²) in [5.74, 6) is 1.76. The largest absolute Gasteiger partial charge is 0.310 e. The zero-order valence-corrected chi connectivity index (χ0v) is 24.2. The van der Waals surface area contributed by atoms with Crippen LogP contribution in [0, 0.1) is 12.3 Å². The number of carbonyl (C=O) groups excluding carboxylic acids is 1. The van der Waals surface area contributed by atoms with Crippen LogP contribution in [-0.4, -0.2) is 20.9 Å². The molecule has 0 radical (unpaired) electrons. The van der Waals surface area contributed by atoms with Crippen molar-refractivity contribution in [1.29, 1.82) is 0 Å². The van der Waals surface area contributed by atoms with Gasteiger partial charge in [-0.1, -0.05) is 70.4 Å². The van der Waals surface area contributed by atoms with Crippen molar-refractivity contribution in [2.45, 2.75) is 90.4 Å². The van der Waals surface area contributed by atoms with Crippen molar-refractivity contribution < 1.29 is 4.79 Å². The average molecular weight is 533 g/mol. The van der Waals surface area contributed by atoms with Crippen molar-refractivity contribution in [3.63, 3.8) is 0 Å². The minimum absolute atomic E-state index is 0.0165. The standard InChI is InChI=1S/C35H40N4O/c1-22-10-5-8-13-26(22)24-16-17-30-25(18-24)19-29(33(38-30)39-34(40)35(2,3)4)27-14-9-15-28(27)32-20-31(36-21-37-32)23-11-6-7-12-23/h5,8,10,13,16-21,23,27-28H,6-7,9,11-12,14-15H2,1-4H3,(H,38,39,40). The number of aromatic nitrogens is 3. The normalized spacial score (nSPS) is 19.8. The van der Waals surface area contributed by atoms with Gasteiger partial charge in [-0.3, -0.25) is 4.79 Å². The van der Waals surface area contributed by atoms with E-state index in [-0.39, 0.29) is 17.7 Å². The minimum Gasteiger partial charge on any atom is -0.310 e. The fraction of sp³-hybridized carbons (Fsp3) is 0.429. The topological polar surface area (TPSA) is 67.8 Å². The highest BCUT2D eigenvalue weighted by Gasteiger charge is 2.35. The first-order chi connectivity index (χ1) is 19.3. The summed E-state index contributed by atoms with van der Waals surface area (Å²) in [6, 6.07) is 19.5. The number of hydrogen-bond donors (Lipinski definition) is 1. The van der Waals surface area contributed by atoms with E-state index in [4.69, 9.17) is 9.97 Å². The SMILES string of the molecule is Cc1ccccc1-c1ccc2nc(NC(=O)C(C)(C)C)c(C3CCCC3c3cc(C4CCCC4)ncn3)cc2c1. The van der Waals surface area contributed by atoms with Crippen LogP contribution in [-0.2, 0) is 4.79 Å². The van der Waals surface area contributed by atoms with Crippen LogP contribution in [0.4, 0.5) is 5.82 Å². The van der Waals surface area contributed by atoms with E-state index in [1.165, 1.54) is 48.1 Å². The summed E-state index contributed by atoms with van der Waals surface area (Å²) in [5.41, 5.74) is 7.51. The minimum atomic E-state index is -0.513. The van der Waals surface area contributed by atoms with Crippen LogP contribution in [0.25, 0.3) is 22.0 Å². The maximum absolute atomic E-state index is 13.2. The Kier molecular flexibility index (Phi) is 7.16. The Balaban J connectivity index is 1.44. The van der Waals surface area contributed by atoms with Gasteiger partial charge in [0.1, 0.15) is 12.1 Å². The molecule has 206 valence electrons. The van der Waals surface area contributed by atoms with E-state index in [9.17, 15) is 4.79 Å². The molecule has 2 saturated carbocycles. The highest BCUT2D eigenvalue weighted by Crippen LogP contribution is 2.48. The van der Waals surface area contributed by atoms with Gasteiger partial charge >= 0.3 is 0 Å². The van der Waals surface area contributed by atoms with Crippen molar-refractivity contribution in [1.82, 2.24) is 15.0 Å². The number of nitrogens with zero attached hydrogens (tertiary/aromatic N) is 3. The Labute approximate surface area is 237 Å². The number of pyridine rings is 1. The number of fused-ring (bicyclic) bond motifs is 1. The number of rotatable bonds is 5. The molecule has 2 aromatic heterocycles. The van der Waals surface area contributed by atoms with E-state index < -0.39 is 5.41 Å². The fourth-order valence-corrected chi connectivity index (χ4v) is 6.66. The zero-order chi connectivity index (χ0) is 27.9. The molecule has 2 atom stereocenters. The molecule has 4 aromatic rings. The highest BCUT2D eigenvalue weighted by atomic mass is 16.2. The van der Waals surface area contributed by atoms with Gasteiger partial charge in [0.2, 0.25) is 5.91 Å². The van der Waals surface area contributed by atoms with Gasteiger partial charge in [0, 0.05) is 34.0 Å². The molecule has 0 bridgehead atoms. The summed E-state index contributed by atoms with van der Waals surface area (Å²) in [7, 11) is 0. The van der Waals surface area contributed by atoms with Crippen LogP contribution < -0.4 is 5.32 Å². The third-order valence-electron chi connectivity index (χ3n) is 8.99. The zero-order valence-electron chi connectivity index (χ0n) is 24.2. The van der Waals surface area contributed by atoms with Crippen LogP contribution in [0.2, 0.25) is 0 Å². The molecule has 6 rings (SSSR count). The lowest BCUT2D eigenvalue weighted by Crippen LogP contribution is -2.29. The lowest BCUT2D eigenvalue weighted by atomic mass is 9.85. The second-order valence-corrected chi connectivity index (χ2v) is 12.8. The van der Waals surface area contributed by atoms with Crippen molar-refractivity contribution in [2.75, 3.05) is 5.32 Å². The monoisotopic (exact) mass is 532 g/mol. The maximum Gasteiger partial charge on any atom is 0.230 e. The molecule has 0 saturated heterocycles. The van der Waals surface area contributed by atoms with Gasteiger partial charge in [0.05, 0.1) is 5.52 Å². The van der Waals surface area contributed by atoms with Crippen LogP contribution in [0.1, 0.15) is 106 Å². The van der Waals surface area contributed by atoms with Gasteiger partial charge in [-0.25, -0.2) is 15.0 Å². The molecule has 2 heterocycles. The second-order valence-electron chi connectivity index (χ2n) is 12.8. The van der Waals surface area contributed by atoms with Gasteiger partial charge < -0.3 is 5.32 Å². The van der Waals surface area contributed by atoms with Crippen LogP contribution in [0.15, 0.2) is 60.9 Å². The first-order valence-electron chi connectivity index (χ1n) is 14.9. The Hall–Kier alpha value is -3.60. The molecule has 2 aliphatic carbocycles. The smallest absolute Gasteiger partial charge is 0.230 e. The van der Waals surface area contributed by atoms with Gasteiger partial charge in [0.25, 0.3) is 0 Å². The fourth-order valence-electron chi connectivity index (χ4n) is 6.66. The van der Waals surface area contributed by atoms with E-state index in [1.807, 2.05) is 20.8 Å². The molecule has 0 spiro atoms. The molecule has 1 N–H and O–H groups in total. The van der Waals surface area contributed by atoms with E-state index in [0.717, 1.165) is 41.4 Å². The molecule has 40 heavy (non-hydrogen) atoms. The van der Waals surface area contributed by atoms with Gasteiger partial charge in [0.15, 0.2) is 0 Å². The molecule has 0 aliphatic heterocycles. The summed E-state index contributed by atoms with van der Waals surface area (Å²) < 4.78 is 0. The third-order valence-corrected chi connectivity index (χ3v) is 8.99. The van der Waals surface area contributed by atoms with Crippen LogP contribution in [0.3, 0.4) is 0 Å². The summed E-state index contributed by atoms with van der Waals surface area (Å²) in [5, 5.41) is 4.32. The Morgan fingerprint density at radius 3 is 2.38 bits per heavy atom. The number of nitrogens with one attached hydrogen (secondary N) is 1. The lowest BCUT2D eigenvalue weighted by Gasteiger charge is -2.25. The number of hydrogen-bond acceptors (Lipinski definition) is 4. The number of benzene rings is 2. The predicted molar refractivity (Wildman–Crippen MR) is 163 cm³/mol. The molecule has 5 heteroatoms. The summed E-state index contributed by atoms with van der Waals surface area (Å²) in [6.45, 7) is 7.99. The van der Waals surface area contributed by atoms with Gasteiger partial charge in [-0.15, -0.1) is 0 Å². The quantitative estimate of drug-likeness (QED) is 0.279. The van der Waals surface area contributed by atoms with Crippen molar-refractivity contribution in [3.8, 4) is 11.1 Å². The number of anilines is 1. The molecule has 2 aromatic carbocycles. The molecule has 2 unspecified atom stereocenters. The van der Waals surface area contributed by atoms with E-state index in [1.54, 1.807) is 6.33 Å². The average Bonchev–Trinajstić information content (AvgIpc) is 3.65. The van der Waals surface area contributed by atoms with Gasteiger partial charge in [-0.05, 0) is 85.0 Å². The molecule has 5 nitrogen and oxygen atoms in total. The van der Waals surface area contributed by atoms with Crippen LogP contribution in [0.5, 0.6) is 0 Å². The molecule has 2 fully saturated rings. The predicted octanol–water partition coefficient (Wildman–Crippen LogP) is 8.69. The Bertz CT molecular complexity index is 1550. The van der Waals surface area contributed by atoms with E-state index >= 15 is 0 Å². The Morgan fingerprint density at radius 1 is 0.850 bits per heavy atom. The lowest BCUT2D eigenvalue weighted by molar-refractivity contribution is -0.123. The number of aryl methyl sites for hydroxylation is 1. The molecular formula is C35H40N4O. The highest BCUT2D eigenvalue weighted by molar-refractivity contribution is 5.96. The van der Waals surface area contributed by atoms with E-state index in [2.05, 4.69) is 71.8 Å². The number of amides is 1. The van der Waals surface area contributed by atoms with Crippen molar-refractivity contribution in [2.24, 2.45) is 5.41 Å². The molecule has 2 aliphatic rings. The molecule has 1 amide bonds. The van der Waals surface area contributed by atoms with Crippen molar-refractivity contribution >= 4 is 22.6 Å².